The Hall–Kier alpha value is -2.04. The average Bonchev–Trinajstić information content (AvgIpc) is 2.42. The van der Waals surface area contributed by atoms with Crippen LogP contribution in [-0.2, 0) is 23.8 Å². The molecule has 1 N–H and O–H groups in total. The highest BCUT2D eigenvalue weighted by atomic mass is 19.4. The van der Waals surface area contributed by atoms with Crippen LogP contribution in [-0.4, -0.2) is 69.2 Å². The van der Waals surface area contributed by atoms with Gasteiger partial charge < -0.3 is 24.4 Å². The van der Waals surface area contributed by atoms with Gasteiger partial charge in [-0.3, -0.25) is 4.79 Å². The van der Waals surface area contributed by atoms with Crippen molar-refractivity contribution in [1.29, 1.82) is 0 Å². The molecule has 0 aliphatic carbocycles. The lowest BCUT2D eigenvalue weighted by molar-refractivity contribution is -0.173. The highest BCUT2D eigenvalue weighted by molar-refractivity contribution is 5.81. The molecular formula is C11H17F3N2O6. The van der Waals surface area contributed by atoms with Crippen molar-refractivity contribution >= 4 is 18.0 Å². The van der Waals surface area contributed by atoms with E-state index < -0.39 is 37.5 Å². The molecule has 0 heterocycles. The Morgan fingerprint density at radius 1 is 1.18 bits per heavy atom. The summed E-state index contributed by atoms with van der Waals surface area (Å²) in [4.78, 5) is 34.0. The first-order valence-electron chi connectivity index (χ1n) is 6.13. The second-order valence-electron chi connectivity index (χ2n) is 3.81. The Bertz CT molecular complexity index is 389. The maximum Gasteiger partial charge on any atom is 0.471 e. The van der Waals surface area contributed by atoms with Crippen LogP contribution < -0.4 is 5.32 Å². The van der Waals surface area contributed by atoms with E-state index in [1.54, 1.807) is 12.2 Å². The molecule has 0 aliphatic rings. The van der Waals surface area contributed by atoms with E-state index >= 15 is 0 Å². The molecule has 0 fully saturated rings. The Morgan fingerprint density at radius 3 is 2.32 bits per heavy atom. The van der Waals surface area contributed by atoms with Crippen molar-refractivity contribution in [2.24, 2.45) is 0 Å². The third-order valence-corrected chi connectivity index (χ3v) is 2.23. The van der Waals surface area contributed by atoms with Crippen molar-refractivity contribution in [2.75, 3.05) is 40.1 Å². The fraction of sp³-hybridized carbons (Fsp3) is 0.727. The molecule has 0 aromatic rings. The Labute approximate surface area is 124 Å². The van der Waals surface area contributed by atoms with Crippen LogP contribution in [0.15, 0.2) is 0 Å². The van der Waals surface area contributed by atoms with Crippen molar-refractivity contribution in [1.82, 2.24) is 10.2 Å². The minimum atomic E-state index is -4.98. The number of rotatable bonds is 8. The zero-order chi connectivity index (χ0) is 17.2. The van der Waals surface area contributed by atoms with Crippen molar-refractivity contribution in [2.45, 2.75) is 13.1 Å². The van der Waals surface area contributed by atoms with Crippen molar-refractivity contribution < 1.29 is 41.8 Å². The molecule has 22 heavy (non-hydrogen) atoms. The molecule has 0 saturated carbocycles. The van der Waals surface area contributed by atoms with Gasteiger partial charge in [-0.25, -0.2) is 9.59 Å². The molecule has 0 rings (SSSR count). The zero-order valence-corrected chi connectivity index (χ0v) is 12.1. The number of hydrogen-bond donors (Lipinski definition) is 1. The first kappa shape index (κ1) is 20.0. The van der Waals surface area contributed by atoms with E-state index in [-0.39, 0.29) is 19.7 Å². The summed E-state index contributed by atoms with van der Waals surface area (Å²) in [5.41, 5.74) is 0. The van der Waals surface area contributed by atoms with Crippen LogP contribution in [0.4, 0.5) is 18.0 Å². The standard InChI is InChI=1S/C11H17F3N2O6/c1-3-16(5-4-15-9(18)11(12,13)14)10(19)22-7-21-8(17)6-20-2/h3-7H2,1-2H3,(H,15,18). The molecule has 128 valence electrons. The van der Waals surface area contributed by atoms with Gasteiger partial charge in [0.05, 0.1) is 0 Å². The van der Waals surface area contributed by atoms with E-state index in [2.05, 4.69) is 14.2 Å². The van der Waals surface area contributed by atoms with E-state index in [0.29, 0.717) is 0 Å². The van der Waals surface area contributed by atoms with Crippen LogP contribution in [0.2, 0.25) is 0 Å². The van der Waals surface area contributed by atoms with E-state index in [1.807, 2.05) is 0 Å². The Balaban J connectivity index is 4.05. The second-order valence-corrected chi connectivity index (χ2v) is 3.81. The molecule has 2 amide bonds. The molecule has 0 unspecified atom stereocenters. The van der Waals surface area contributed by atoms with Gasteiger partial charge in [-0.05, 0) is 6.92 Å². The van der Waals surface area contributed by atoms with Crippen LogP contribution in [0.3, 0.4) is 0 Å². The number of halogens is 3. The fourth-order valence-corrected chi connectivity index (χ4v) is 1.18. The lowest BCUT2D eigenvalue weighted by atomic mass is 10.5. The van der Waals surface area contributed by atoms with Gasteiger partial charge in [0, 0.05) is 26.7 Å². The van der Waals surface area contributed by atoms with Crippen LogP contribution in [0.25, 0.3) is 0 Å². The third kappa shape index (κ3) is 8.29. The van der Waals surface area contributed by atoms with Crippen LogP contribution >= 0.6 is 0 Å². The van der Waals surface area contributed by atoms with Gasteiger partial charge in [0.1, 0.15) is 6.61 Å². The lowest BCUT2D eigenvalue weighted by Gasteiger charge is -2.20. The maximum absolute atomic E-state index is 11.9. The molecule has 0 aliphatic heterocycles. The van der Waals surface area contributed by atoms with Gasteiger partial charge >= 0.3 is 24.1 Å². The summed E-state index contributed by atoms with van der Waals surface area (Å²) in [5.74, 6) is -2.83. The first-order chi connectivity index (χ1) is 10.2. The molecular weight excluding hydrogens is 313 g/mol. The van der Waals surface area contributed by atoms with Crippen molar-refractivity contribution in [3.63, 3.8) is 0 Å². The first-order valence-corrected chi connectivity index (χ1v) is 6.13. The fourth-order valence-electron chi connectivity index (χ4n) is 1.18. The number of carbonyl (C=O) groups is 3. The monoisotopic (exact) mass is 330 g/mol. The quantitative estimate of drug-likeness (QED) is 0.507. The molecule has 0 bridgehead atoms. The smallest absolute Gasteiger partial charge is 0.426 e. The molecule has 0 aromatic heterocycles. The van der Waals surface area contributed by atoms with E-state index in [1.165, 1.54) is 7.11 Å². The molecule has 0 aromatic carbocycles. The Morgan fingerprint density at radius 2 is 1.82 bits per heavy atom. The number of alkyl halides is 3. The van der Waals surface area contributed by atoms with Crippen LogP contribution in [0, 0.1) is 0 Å². The minimum absolute atomic E-state index is 0.132. The van der Waals surface area contributed by atoms with E-state index in [9.17, 15) is 27.6 Å². The summed E-state index contributed by atoms with van der Waals surface area (Å²) in [6.45, 7) is 0.148. The summed E-state index contributed by atoms with van der Waals surface area (Å²) in [5, 5.41) is 1.62. The molecule has 11 heteroatoms. The van der Waals surface area contributed by atoms with Crippen LogP contribution in [0.1, 0.15) is 6.92 Å². The van der Waals surface area contributed by atoms with Gasteiger partial charge in [0.15, 0.2) is 0 Å². The van der Waals surface area contributed by atoms with Gasteiger partial charge in [0.25, 0.3) is 0 Å². The van der Waals surface area contributed by atoms with E-state index in [4.69, 9.17) is 0 Å². The lowest BCUT2D eigenvalue weighted by Crippen LogP contribution is -2.43. The molecule has 0 saturated heterocycles. The number of amides is 2. The second kappa shape index (κ2) is 9.82. The molecule has 8 nitrogen and oxygen atoms in total. The third-order valence-electron chi connectivity index (χ3n) is 2.23. The summed E-state index contributed by atoms with van der Waals surface area (Å²) in [7, 11) is 1.28. The number of ether oxygens (including phenoxy) is 3. The average molecular weight is 330 g/mol. The van der Waals surface area contributed by atoms with E-state index in [0.717, 1.165) is 4.90 Å². The largest absolute Gasteiger partial charge is 0.471 e. The van der Waals surface area contributed by atoms with Crippen molar-refractivity contribution in [3.8, 4) is 0 Å². The predicted molar refractivity (Wildman–Crippen MR) is 65.6 cm³/mol. The SMILES string of the molecule is CCN(CCNC(=O)C(F)(F)F)C(=O)OCOC(=O)COC. The highest BCUT2D eigenvalue weighted by Crippen LogP contribution is 2.13. The summed E-state index contributed by atoms with van der Waals surface area (Å²) in [6, 6.07) is 0. The van der Waals surface area contributed by atoms with Gasteiger partial charge in [-0.15, -0.1) is 0 Å². The number of methoxy groups -OCH3 is 1. The molecule has 0 atom stereocenters. The highest BCUT2D eigenvalue weighted by Gasteiger charge is 2.38. The summed E-state index contributed by atoms with van der Waals surface area (Å²) in [6.07, 6.45) is -5.87. The topological polar surface area (TPSA) is 94.2 Å². The molecule has 0 spiro atoms. The normalized spacial score (nSPS) is 10.8. The number of likely N-dealkylation sites (N-methyl/N-ethyl adjacent to an activating group) is 1. The minimum Gasteiger partial charge on any atom is -0.426 e. The maximum atomic E-state index is 11.9. The zero-order valence-electron chi connectivity index (χ0n) is 12.1. The van der Waals surface area contributed by atoms with Crippen LogP contribution in [0.5, 0.6) is 0 Å². The number of nitrogens with zero attached hydrogens (tertiary/aromatic N) is 1. The van der Waals surface area contributed by atoms with Gasteiger partial charge in [-0.1, -0.05) is 0 Å². The number of esters is 1. The number of nitrogens with one attached hydrogen (secondary N) is 1. The van der Waals surface area contributed by atoms with Gasteiger partial charge in [-0.2, -0.15) is 13.2 Å². The Kier molecular flexibility index (Phi) is 8.91. The number of carbonyl (C=O) groups excluding carboxylic acids is 3. The predicted octanol–water partition coefficient (Wildman–Crippen LogP) is 0.270. The van der Waals surface area contributed by atoms with Gasteiger partial charge in [0.2, 0.25) is 6.79 Å². The number of hydrogen-bond acceptors (Lipinski definition) is 6. The summed E-state index contributed by atoms with van der Waals surface area (Å²) < 4.78 is 49.4. The molecule has 0 radical (unpaired) electrons. The van der Waals surface area contributed by atoms with Crippen molar-refractivity contribution in [3.05, 3.63) is 0 Å². The summed E-state index contributed by atoms with van der Waals surface area (Å²) >= 11 is 0.